The lowest BCUT2D eigenvalue weighted by Gasteiger charge is -2.35. The molecule has 1 saturated carbocycles. The maximum absolute atomic E-state index is 7.00. The zero-order valence-corrected chi connectivity index (χ0v) is 24.1. The highest BCUT2D eigenvalue weighted by Gasteiger charge is 2.58. The molecule has 0 radical (unpaired) electrons. The molecule has 4 atom stereocenters. The Morgan fingerprint density at radius 3 is 1.44 bits per heavy atom. The lowest BCUT2D eigenvalue weighted by molar-refractivity contribution is 0.185. The van der Waals surface area contributed by atoms with Crippen molar-refractivity contribution >= 4 is 29.1 Å². The topological polar surface area (TPSA) is 21.6 Å². The molecule has 0 bridgehead atoms. The Bertz CT molecular complexity index is 1490. The van der Waals surface area contributed by atoms with Crippen LogP contribution in [0.1, 0.15) is 42.5 Å². The first kappa shape index (κ1) is 25.9. The van der Waals surface area contributed by atoms with Gasteiger partial charge in [-0.2, -0.15) is 0 Å². The second-order valence-corrected chi connectivity index (χ2v) is 14.8. The van der Waals surface area contributed by atoms with E-state index >= 15 is 0 Å². The van der Waals surface area contributed by atoms with Crippen LogP contribution in [0.4, 0.5) is 0 Å². The molecular weight excluding hydrogens is 517 g/mol. The van der Waals surface area contributed by atoms with Crippen molar-refractivity contribution in [1.82, 2.24) is 0 Å². The average Bonchev–Trinajstić information content (AvgIpc) is 3.73. The Morgan fingerprint density at radius 1 is 0.512 bits per heavy atom. The summed E-state index contributed by atoms with van der Waals surface area (Å²) in [4.78, 5) is 5.46. The minimum absolute atomic E-state index is 0.0484. The summed E-state index contributed by atoms with van der Waals surface area (Å²) >= 11 is 0. The van der Waals surface area contributed by atoms with Crippen molar-refractivity contribution in [1.29, 1.82) is 0 Å². The van der Waals surface area contributed by atoms with E-state index in [2.05, 4.69) is 152 Å². The van der Waals surface area contributed by atoms with Crippen LogP contribution in [0.15, 0.2) is 157 Å². The maximum atomic E-state index is 7.00. The molecule has 0 aromatic heterocycles. The van der Waals surface area contributed by atoms with E-state index in [1.54, 1.807) is 0 Å². The van der Waals surface area contributed by atoms with Crippen LogP contribution in [0.2, 0.25) is 0 Å². The van der Waals surface area contributed by atoms with Crippen LogP contribution in [-0.4, -0.2) is 11.6 Å². The second kappa shape index (κ2) is 11.5. The monoisotopic (exact) mass is 552 g/mol. The minimum Gasteiger partial charge on any atom is -0.470 e. The summed E-state index contributed by atoms with van der Waals surface area (Å²) in [5.74, 6) is 1.20. The van der Waals surface area contributed by atoms with Gasteiger partial charge in [-0.15, -0.1) is 0 Å². The zero-order chi connectivity index (χ0) is 27.5. The smallest absolute Gasteiger partial charge is 0.192 e. The van der Waals surface area contributed by atoms with Gasteiger partial charge >= 0.3 is 0 Å². The number of ether oxygens (including phenoxy) is 1. The zero-order valence-electron chi connectivity index (χ0n) is 23.2. The molecule has 1 aliphatic heterocycles. The van der Waals surface area contributed by atoms with Gasteiger partial charge in [0, 0.05) is 0 Å². The molecule has 5 aromatic carbocycles. The van der Waals surface area contributed by atoms with Crippen molar-refractivity contribution in [3.05, 3.63) is 163 Å². The Hall–Kier alpha value is -4.00. The first-order valence-electron chi connectivity index (χ1n) is 14.8. The van der Waals surface area contributed by atoms with E-state index in [9.17, 15) is 0 Å². The van der Waals surface area contributed by atoms with Crippen LogP contribution in [0, 0.1) is 5.92 Å². The van der Waals surface area contributed by atoms with Gasteiger partial charge in [0.1, 0.15) is 29.2 Å². The molecule has 41 heavy (non-hydrogen) atoms. The van der Waals surface area contributed by atoms with Crippen LogP contribution in [0.3, 0.4) is 0 Å². The Morgan fingerprint density at radius 2 is 0.951 bits per heavy atom. The van der Waals surface area contributed by atoms with Crippen molar-refractivity contribution in [2.75, 3.05) is 0 Å². The highest BCUT2D eigenvalue weighted by molar-refractivity contribution is 7.96. The normalized spacial score (nSPS) is 22.2. The first-order chi connectivity index (χ1) is 20.4. The van der Waals surface area contributed by atoms with Gasteiger partial charge in [-0.1, -0.05) is 115 Å². The Labute approximate surface area is 244 Å². The van der Waals surface area contributed by atoms with E-state index in [0.29, 0.717) is 5.66 Å². The van der Waals surface area contributed by atoms with Gasteiger partial charge in [0.25, 0.3) is 0 Å². The number of aliphatic imine (C=N–C) groups is 1. The highest BCUT2D eigenvalue weighted by Crippen LogP contribution is 2.66. The van der Waals surface area contributed by atoms with Gasteiger partial charge in [-0.3, -0.25) is 0 Å². The fraction of sp³-hybridized carbons (Fsp3) is 0.184. The third kappa shape index (κ3) is 4.71. The predicted octanol–water partition coefficient (Wildman–Crippen LogP) is 8.06. The molecule has 1 heterocycles. The van der Waals surface area contributed by atoms with E-state index in [0.717, 1.165) is 18.7 Å². The largest absolute Gasteiger partial charge is 0.470 e. The van der Waals surface area contributed by atoms with E-state index in [1.807, 2.05) is 0 Å². The molecule has 0 spiro atoms. The molecule has 1 fully saturated rings. The molecule has 3 heteroatoms. The molecule has 2 aliphatic rings. The van der Waals surface area contributed by atoms with Crippen LogP contribution in [0.25, 0.3) is 0 Å². The molecular formula is C38H35NOP+. The predicted molar refractivity (Wildman–Crippen MR) is 173 cm³/mol. The molecule has 0 saturated heterocycles. The molecule has 0 amide bonds. The van der Waals surface area contributed by atoms with E-state index in [1.165, 1.54) is 33.5 Å². The van der Waals surface area contributed by atoms with Gasteiger partial charge in [0.05, 0.1) is 11.6 Å². The number of nitrogens with zero attached hydrogens (tertiary/aromatic N) is 1. The second-order valence-electron chi connectivity index (χ2n) is 11.1. The lowest BCUT2D eigenvalue weighted by Crippen LogP contribution is -2.42. The van der Waals surface area contributed by atoms with Crippen molar-refractivity contribution in [3.63, 3.8) is 0 Å². The molecule has 5 aromatic rings. The number of hydrogen-bond acceptors (Lipinski definition) is 2. The standard InChI is InChI=1S/C38H35NOP/c1-6-17-29(18-7-1)36-37(30-19-8-2-9-20-30)40-38(39-36)34-27-16-28-35(34)41(31-21-10-3-11-22-31,32-23-12-4-13-24-32)33-25-14-5-15-26-33/h1-15,17-26,34-37H,16,27-28H2/q+1/t34?,35-,36-,37-/m0/s1. The summed E-state index contributed by atoms with van der Waals surface area (Å²) in [7, 11) is -2.05. The van der Waals surface area contributed by atoms with Gasteiger partial charge in [-0.25, -0.2) is 4.99 Å². The molecule has 1 unspecified atom stereocenters. The van der Waals surface area contributed by atoms with Crippen LogP contribution in [-0.2, 0) is 4.74 Å². The van der Waals surface area contributed by atoms with Gasteiger partial charge in [0.2, 0.25) is 0 Å². The number of benzene rings is 5. The minimum atomic E-state index is -2.05. The van der Waals surface area contributed by atoms with E-state index in [4.69, 9.17) is 9.73 Å². The third-order valence-electron chi connectivity index (χ3n) is 8.85. The maximum Gasteiger partial charge on any atom is 0.192 e. The number of hydrogen-bond donors (Lipinski definition) is 0. The average molecular weight is 553 g/mol. The molecule has 7 rings (SSSR count). The Balaban J connectivity index is 1.39. The van der Waals surface area contributed by atoms with Crippen molar-refractivity contribution in [2.45, 2.75) is 37.1 Å². The van der Waals surface area contributed by atoms with Crippen LogP contribution >= 0.6 is 7.26 Å². The summed E-state index contributed by atoms with van der Waals surface area (Å²) in [5.41, 5.74) is 2.80. The highest BCUT2D eigenvalue weighted by atomic mass is 31.2. The van der Waals surface area contributed by atoms with Crippen molar-refractivity contribution < 1.29 is 4.74 Å². The summed E-state index contributed by atoms with van der Waals surface area (Å²) in [6, 6.07) is 55.1. The molecule has 1 aliphatic carbocycles. The SMILES string of the molecule is c1ccc([C@@H]2N=C(C3CCC[C@@H]3[P+](c3ccccc3)(c3ccccc3)c3ccccc3)O[C@H]2c2ccccc2)cc1. The third-order valence-corrected chi connectivity index (χ3v) is 13.8. The van der Waals surface area contributed by atoms with Crippen molar-refractivity contribution in [2.24, 2.45) is 10.9 Å². The van der Waals surface area contributed by atoms with Crippen molar-refractivity contribution in [3.8, 4) is 0 Å². The first-order valence-corrected chi connectivity index (χ1v) is 16.6. The summed E-state index contributed by atoms with van der Waals surface area (Å²) in [6.45, 7) is 0. The molecule has 2 nitrogen and oxygen atoms in total. The summed E-state index contributed by atoms with van der Waals surface area (Å²) in [6.07, 6.45) is 3.32. The fourth-order valence-corrected chi connectivity index (χ4v) is 12.5. The van der Waals surface area contributed by atoms with Gasteiger partial charge in [0.15, 0.2) is 12.0 Å². The van der Waals surface area contributed by atoms with Gasteiger partial charge in [-0.05, 0) is 66.8 Å². The van der Waals surface area contributed by atoms with Crippen LogP contribution < -0.4 is 15.9 Å². The molecule has 0 N–H and O–H groups in total. The van der Waals surface area contributed by atoms with Crippen LogP contribution in [0.5, 0.6) is 0 Å². The summed E-state index contributed by atoms with van der Waals surface area (Å²) in [5, 5.41) is 4.31. The number of rotatable bonds is 7. The molecule has 202 valence electrons. The quantitative estimate of drug-likeness (QED) is 0.187. The van der Waals surface area contributed by atoms with Gasteiger partial charge < -0.3 is 4.74 Å². The van der Waals surface area contributed by atoms with E-state index < -0.39 is 7.26 Å². The fourth-order valence-electron chi connectivity index (χ4n) is 7.11. The Kier molecular flexibility index (Phi) is 7.26. The lowest BCUT2D eigenvalue weighted by atomic mass is 9.97. The summed E-state index contributed by atoms with van der Waals surface area (Å²) < 4.78 is 7.00. The van der Waals surface area contributed by atoms with E-state index in [-0.39, 0.29) is 18.1 Å².